The molecule has 0 aliphatic carbocycles. The lowest BCUT2D eigenvalue weighted by molar-refractivity contribution is 0.0853. The normalized spacial score (nSPS) is 17.2. The second kappa shape index (κ2) is 5.56. The van der Waals surface area contributed by atoms with Gasteiger partial charge in [-0.05, 0) is 19.8 Å². The fourth-order valence-electron chi connectivity index (χ4n) is 2.45. The minimum Gasteiger partial charge on any atom is -0.383 e. The Morgan fingerprint density at radius 3 is 2.35 bits per heavy atom. The SMILES string of the molecule is Cc1c(N)nc(C(C)(C)C)nc1N(C)C1CCOCC1. The van der Waals surface area contributed by atoms with E-state index in [0.29, 0.717) is 11.9 Å². The summed E-state index contributed by atoms with van der Waals surface area (Å²) >= 11 is 0. The molecule has 0 bridgehead atoms. The minimum absolute atomic E-state index is 0.104. The van der Waals surface area contributed by atoms with Crippen LogP contribution in [-0.2, 0) is 10.2 Å². The number of aromatic nitrogens is 2. The second-order valence-corrected chi connectivity index (χ2v) is 6.59. The predicted molar refractivity (Wildman–Crippen MR) is 82.1 cm³/mol. The van der Waals surface area contributed by atoms with E-state index in [4.69, 9.17) is 15.5 Å². The van der Waals surface area contributed by atoms with Gasteiger partial charge in [-0.1, -0.05) is 20.8 Å². The maximum atomic E-state index is 6.08. The molecule has 112 valence electrons. The van der Waals surface area contributed by atoms with Crippen molar-refractivity contribution in [3.05, 3.63) is 11.4 Å². The zero-order valence-electron chi connectivity index (χ0n) is 13.2. The largest absolute Gasteiger partial charge is 0.383 e. The molecular weight excluding hydrogens is 252 g/mol. The van der Waals surface area contributed by atoms with Gasteiger partial charge in [-0.3, -0.25) is 0 Å². The molecule has 1 saturated heterocycles. The summed E-state index contributed by atoms with van der Waals surface area (Å²) in [4.78, 5) is 11.5. The van der Waals surface area contributed by atoms with Crippen molar-refractivity contribution >= 4 is 11.6 Å². The average Bonchev–Trinajstić information content (AvgIpc) is 2.40. The number of nitrogens with zero attached hydrogens (tertiary/aromatic N) is 3. The van der Waals surface area contributed by atoms with Gasteiger partial charge in [0.1, 0.15) is 17.5 Å². The van der Waals surface area contributed by atoms with Crippen molar-refractivity contribution in [2.75, 3.05) is 30.9 Å². The summed E-state index contributed by atoms with van der Waals surface area (Å²) in [5.74, 6) is 2.34. The molecule has 1 aliphatic heterocycles. The first-order valence-electron chi connectivity index (χ1n) is 7.26. The van der Waals surface area contributed by atoms with Gasteiger partial charge in [-0.2, -0.15) is 0 Å². The van der Waals surface area contributed by atoms with Gasteiger partial charge in [0.15, 0.2) is 0 Å². The van der Waals surface area contributed by atoms with Crippen molar-refractivity contribution < 1.29 is 4.74 Å². The molecule has 0 spiro atoms. The fraction of sp³-hybridized carbons (Fsp3) is 0.733. The van der Waals surface area contributed by atoms with Crippen molar-refractivity contribution in [3.63, 3.8) is 0 Å². The van der Waals surface area contributed by atoms with Gasteiger partial charge in [0, 0.05) is 37.3 Å². The second-order valence-electron chi connectivity index (χ2n) is 6.59. The Labute approximate surface area is 121 Å². The first-order chi connectivity index (χ1) is 9.30. The number of ether oxygens (including phenoxy) is 1. The van der Waals surface area contributed by atoms with Crippen LogP contribution in [0.2, 0.25) is 0 Å². The van der Waals surface area contributed by atoms with Gasteiger partial charge >= 0.3 is 0 Å². The third-order valence-electron chi connectivity index (χ3n) is 3.90. The van der Waals surface area contributed by atoms with Crippen molar-refractivity contribution in [2.24, 2.45) is 0 Å². The monoisotopic (exact) mass is 278 g/mol. The minimum atomic E-state index is -0.104. The molecule has 5 heteroatoms. The van der Waals surface area contributed by atoms with E-state index in [1.165, 1.54) is 0 Å². The Hall–Kier alpha value is -1.36. The van der Waals surface area contributed by atoms with E-state index in [0.717, 1.165) is 43.3 Å². The molecule has 2 rings (SSSR count). The summed E-state index contributed by atoms with van der Waals surface area (Å²) in [5, 5.41) is 0. The summed E-state index contributed by atoms with van der Waals surface area (Å²) in [7, 11) is 2.09. The lowest BCUT2D eigenvalue weighted by Crippen LogP contribution is -2.38. The third kappa shape index (κ3) is 3.03. The fourth-order valence-corrected chi connectivity index (χ4v) is 2.45. The van der Waals surface area contributed by atoms with Crippen molar-refractivity contribution in [2.45, 2.75) is 52.0 Å². The highest BCUT2D eigenvalue weighted by Crippen LogP contribution is 2.29. The molecule has 2 heterocycles. The number of hydrogen-bond donors (Lipinski definition) is 1. The highest BCUT2D eigenvalue weighted by Gasteiger charge is 2.25. The highest BCUT2D eigenvalue weighted by molar-refractivity contribution is 5.57. The van der Waals surface area contributed by atoms with E-state index >= 15 is 0 Å². The Kier molecular flexibility index (Phi) is 4.18. The molecule has 20 heavy (non-hydrogen) atoms. The van der Waals surface area contributed by atoms with E-state index in [1.807, 2.05) is 6.92 Å². The van der Waals surface area contributed by atoms with E-state index < -0.39 is 0 Å². The van der Waals surface area contributed by atoms with Crippen molar-refractivity contribution in [3.8, 4) is 0 Å². The van der Waals surface area contributed by atoms with Crippen LogP contribution >= 0.6 is 0 Å². The number of rotatable bonds is 2. The van der Waals surface area contributed by atoms with Gasteiger partial charge in [-0.25, -0.2) is 9.97 Å². The summed E-state index contributed by atoms with van der Waals surface area (Å²) < 4.78 is 5.43. The zero-order chi connectivity index (χ0) is 14.9. The molecule has 1 aromatic rings. The predicted octanol–water partition coefficient (Wildman–Crippen LogP) is 2.28. The van der Waals surface area contributed by atoms with E-state index in [1.54, 1.807) is 0 Å². The lowest BCUT2D eigenvalue weighted by atomic mass is 9.95. The summed E-state index contributed by atoms with van der Waals surface area (Å²) in [6, 6.07) is 0.463. The van der Waals surface area contributed by atoms with Crippen LogP contribution in [0.4, 0.5) is 11.6 Å². The summed E-state index contributed by atoms with van der Waals surface area (Å²) in [6.45, 7) is 9.95. The van der Waals surface area contributed by atoms with Crippen LogP contribution < -0.4 is 10.6 Å². The lowest BCUT2D eigenvalue weighted by Gasteiger charge is -2.33. The quantitative estimate of drug-likeness (QED) is 0.899. The molecule has 0 aromatic carbocycles. The molecule has 0 unspecified atom stereocenters. The Morgan fingerprint density at radius 1 is 1.20 bits per heavy atom. The molecule has 0 saturated carbocycles. The summed E-state index contributed by atoms with van der Waals surface area (Å²) in [6.07, 6.45) is 2.06. The van der Waals surface area contributed by atoms with E-state index in [-0.39, 0.29) is 5.41 Å². The van der Waals surface area contributed by atoms with Crippen molar-refractivity contribution in [1.29, 1.82) is 0 Å². The molecule has 2 N–H and O–H groups in total. The van der Waals surface area contributed by atoms with E-state index in [2.05, 4.69) is 37.7 Å². The molecule has 0 radical (unpaired) electrons. The van der Waals surface area contributed by atoms with Crippen LogP contribution in [0, 0.1) is 6.92 Å². The number of anilines is 2. The van der Waals surface area contributed by atoms with Gasteiger partial charge in [0.05, 0.1) is 0 Å². The Balaban J connectivity index is 2.36. The topological polar surface area (TPSA) is 64.3 Å². The smallest absolute Gasteiger partial charge is 0.138 e. The highest BCUT2D eigenvalue weighted by atomic mass is 16.5. The zero-order valence-corrected chi connectivity index (χ0v) is 13.2. The van der Waals surface area contributed by atoms with E-state index in [9.17, 15) is 0 Å². The number of hydrogen-bond acceptors (Lipinski definition) is 5. The molecule has 1 aliphatic rings. The molecule has 0 amide bonds. The Bertz CT molecular complexity index is 475. The third-order valence-corrected chi connectivity index (χ3v) is 3.90. The van der Waals surface area contributed by atoms with Crippen LogP contribution in [0.15, 0.2) is 0 Å². The average molecular weight is 278 g/mol. The van der Waals surface area contributed by atoms with Gasteiger partial charge < -0.3 is 15.4 Å². The van der Waals surface area contributed by atoms with Crippen LogP contribution in [0.5, 0.6) is 0 Å². The molecule has 5 nitrogen and oxygen atoms in total. The summed E-state index contributed by atoms with van der Waals surface area (Å²) in [5.41, 5.74) is 6.94. The maximum Gasteiger partial charge on any atom is 0.138 e. The van der Waals surface area contributed by atoms with Gasteiger partial charge in [0.25, 0.3) is 0 Å². The first-order valence-corrected chi connectivity index (χ1v) is 7.26. The standard InChI is InChI=1S/C15H26N4O/c1-10-12(16)17-14(15(2,3)4)18-13(10)19(5)11-6-8-20-9-7-11/h11H,6-9H2,1-5H3,(H2,16,17,18). The van der Waals surface area contributed by atoms with Crippen molar-refractivity contribution in [1.82, 2.24) is 9.97 Å². The maximum absolute atomic E-state index is 6.08. The molecule has 1 fully saturated rings. The molecule has 0 atom stereocenters. The van der Waals surface area contributed by atoms with Crippen LogP contribution in [-0.4, -0.2) is 36.3 Å². The number of nitrogens with two attached hydrogens (primary N) is 1. The first kappa shape index (κ1) is 15.0. The van der Waals surface area contributed by atoms with Crippen LogP contribution in [0.1, 0.15) is 45.0 Å². The number of nitrogen functional groups attached to an aromatic ring is 1. The van der Waals surface area contributed by atoms with Gasteiger partial charge in [-0.15, -0.1) is 0 Å². The molecule has 1 aromatic heterocycles. The van der Waals surface area contributed by atoms with Crippen LogP contribution in [0.25, 0.3) is 0 Å². The molecular formula is C15H26N4O. The van der Waals surface area contributed by atoms with Crippen LogP contribution in [0.3, 0.4) is 0 Å². The van der Waals surface area contributed by atoms with Gasteiger partial charge in [0.2, 0.25) is 0 Å². The Morgan fingerprint density at radius 2 is 1.80 bits per heavy atom.